The maximum atomic E-state index is 12.6. The first-order valence-electron chi connectivity index (χ1n) is 9.03. The lowest BCUT2D eigenvalue weighted by Crippen LogP contribution is -2.51. The summed E-state index contributed by atoms with van der Waals surface area (Å²) in [5.74, 6) is 2.08. The average molecular weight is 340 g/mol. The van der Waals surface area contributed by atoms with Gasteiger partial charge in [-0.15, -0.1) is 0 Å². The lowest BCUT2D eigenvalue weighted by Gasteiger charge is -2.47. The van der Waals surface area contributed by atoms with E-state index < -0.39 is 0 Å². The molecule has 2 aliphatic rings. The number of furan rings is 1. The fourth-order valence-corrected chi connectivity index (χ4v) is 4.13. The lowest BCUT2D eigenvalue weighted by molar-refractivity contribution is 0.0511. The first-order chi connectivity index (χ1) is 12.2. The second kappa shape index (κ2) is 6.50. The Morgan fingerprint density at radius 2 is 1.88 bits per heavy atom. The van der Waals surface area contributed by atoms with Gasteiger partial charge in [-0.05, 0) is 56.2 Å². The van der Waals surface area contributed by atoms with E-state index >= 15 is 0 Å². The molecule has 6 nitrogen and oxygen atoms in total. The highest BCUT2D eigenvalue weighted by Crippen LogP contribution is 2.40. The number of piperidine rings is 2. The van der Waals surface area contributed by atoms with Gasteiger partial charge in [-0.3, -0.25) is 4.79 Å². The number of aryl methyl sites for hydroxylation is 1. The van der Waals surface area contributed by atoms with E-state index in [1.807, 2.05) is 24.0 Å². The standard InChI is InChI=1S/C19H24N4O2/c1-15-4-5-16(25-15)17(24)22-12-7-19(8-13-22)6-2-11-23(14-19)18-20-9-3-10-21-18/h3-5,9-10H,2,6-8,11-14H2,1H3. The predicted molar refractivity (Wildman–Crippen MR) is 94.5 cm³/mol. The summed E-state index contributed by atoms with van der Waals surface area (Å²) in [6.45, 7) is 5.45. The minimum atomic E-state index is 0.0157. The first-order valence-corrected chi connectivity index (χ1v) is 9.03. The Hall–Kier alpha value is -2.37. The molecule has 0 aliphatic carbocycles. The van der Waals surface area contributed by atoms with E-state index in [2.05, 4.69) is 14.9 Å². The molecule has 2 saturated heterocycles. The van der Waals surface area contributed by atoms with Crippen molar-refractivity contribution in [2.45, 2.75) is 32.6 Å². The van der Waals surface area contributed by atoms with Crippen LogP contribution in [0.1, 0.15) is 42.0 Å². The molecule has 2 aromatic heterocycles. The maximum absolute atomic E-state index is 12.6. The second-order valence-electron chi connectivity index (χ2n) is 7.28. The van der Waals surface area contributed by atoms with Gasteiger partial charge in [-0.2, -0.15) is 0 Å². The monoisotopic (exact) mass is 340 g/mol. The average Bonchev–Trinajstić information content (AvgIpc) is 3.09. The van der Waals surface area contributed by atoms with Gasteiger partial charge >= 0.3 is 0 Å². The number of carbonyl (C=O) groups is 1. The third-order valence-corrected chi connectivity index (χ3v) is 5.56. The summed E-state index contributed by atoms with van der Waals surface area (Å²) in [4.78, 5) is 25.6. The van der Waals surface area contributed by atoms with E-state index in [-0.39, 0.29) is 11.3 Å². The molecule has 2 aliphatic heterocycles. The van der Waals surface area contributed by atoms with Gasteiger partial charge in [0.05, 0.1) is 0 Å². The van der Waals surface area contributed by atoms with Crippen LogP contribution in [0.15, 0.2) is 35.0 Å². The van der Waals surface area contributed by atoms with Crippen molar-refractivity contribution in [2.75, 3.05) is 31.1 Å². The number of nitrogens with zero attached hydrogens (tertiary/aromatic N) is 4. The molecular formula is C19H24N4O2. The van der Waals surface area contributed by atoms with Crippen molar-refractivity contribution in [3.63, 3.8) is 0 Å². The van der Waals surface area contributed by atoms with Crippen molar-refractivity contribution in [1.82, 2.24) is 14.9 Å². The summed E-state index contributed by atoms with van der Waals surface area (Å²) < 4.78 is 5.49. The number of hydrogen-bond donors (Lipinski definition) is 0. The largest absolute Gasteiger partial charge is 0.456 e. The Morgan fingerprint density at radius 1 is 1.12 bits per heavy atom. The zero-order chi connectivity index (χ0) is 17.3. The van der Waals surface area contributed by atoms with Gasteiger partial charge in [0.1, 0.15) is 5.76 Å². The van der Waals surface area contributed by atoms with Gasteiger partial charge in [0.15, 0.2) is 5.76 Å². The van der Waals surface area contributed by atoms with Crippen molar-refractivity contribution < 1.29 is 9.21 Å². The first kappa shape index (κ1) is 16.1. The molecule has 1 amide bonds. The van der Waals surface area contributed by atoms with Gasteiger partial charge in [0, 0.05) is 38.6 Å². The number of likely N-dealkylation sites (tertiary alicyclic amines) is 1. The molecule has 0 unspecified atom stereocenters. The normalized spacial score (nSPS) is 20.0. The number of hydrogen-bond acceptors (Lipinski definition) is 5. The van der Waals surface area contributed by atoms with Crippen LogP contribution < -0.4 is 4.90 Å². The van der Waals surface area contributed by atoms with Crippen LogP contribution in [0.4, 0.5) is 5.95 Å². The smallest absolute Gasteiger partial charge is 0.289 e. The molecule has 0 atom stereocenters. The van der Waals surface area contributed by atoms with Gasteiger partial charge < -0.3 is 14.2 Å². The zero-order valence-electron chi connectivity index (χ0n) is 14.6. The number of amides is 1. The zero-order valence-corrected chi connectivity index (χ0v) is 14.6. The molecule has 0 aromatic carbocycles. The Kier molecular flexibility index (Phi) is 4.19. The van der Waals surface area contributed by atoms with Gasteiger partial charge in [0.25, 0.3) is 5.91 Å². The van der Waals surface area contributed by atoms with Gasteiger partial charge in [-0.25, -0.2) is 9.97 Å². The SMILES string of the molecule is Cc1ccc(C(=O)N2CCC3(CCCN(c4ncccn4)C3)CC2)o1. The Labute approximate surface area is 147 Å². The number of anilines is 1. The summed E-state index contributed by atoms with van der Waals surface area (Å²) in [5.41, 5.74) is 0.271. The van der Waals surface area contributed by atoms with Crippen LogP contribution in [0, 0.1) is 12.3 Å². The van der Waals surface area contributed by atoms with Gasteiger partial charge in [0.2, 0.25) is 5.95 Å². The quantitative estimate of drug-likeness (QED) is 0.841. The van der Waals surface area contributed by atoms with Crippen LogP contribution in [0.2, 0.25) is 0 Å². The topological polar surface area (TPSA) is 62.5 Å². The molecule has 4 rings (SSSR count). The van der Waals surface area contributed by atoms with E-state index in [9.17, 15) is 4.79 Å². The summed E-state index contributed by atoms with van der Waals surface area (Å²) >= 11 is 0. The summed E-state index contributed by atoms with van der Waals surface area (Å²) in [6, 6.07) is 5.47. The number of rotatable bonds is 2. The fourth-order valence-electron chi connectivity index (χ4n) is 4.13. The van der Waals surface area contributed by atoms with E-state index in [0.717, 1.165) is 57.2 Å². The van der Waals surface area contributed by atoms with Crippen LogP contribution in [-0.2, 0) is 0 Å². The van der Waals surface area contributed by atoms with E-state index in [4.69, 9.17) is 4.42 Å². The fraction of sp³-hybridized carbons (Fsp3) is 0.526. The minimum Gasteiger partial charge on any atom is -0.456 e. The second-order valence-corrected chi connectivity index (χ2v) is 7.28. The van der Waals surface area contributed by atoms with Crippen molar-refractivity contribution in [3.8, 4) is 0 Å². The van der Waals surface area contributed by atoms with Gasteiger partial charge in [-0.1, -0.05) is 0 Å². The maximum Gasteiger partial charge on any atom is 0.289 e. The van der Waals surface area contributed by atoms with Crippen LogP contribution in [0.25, 0.3) is 0 Å². The van der Waals surface area contributed by atoms with Crippen LogP contribution in [-0.4, -0.2) is 47.0 Å². The number of aromatic nitrogens is 2. The summed E-state index contributed by atoms with van der Waals surface area (Å²) in [7, 11) is 0. The molecule has 132 valence electrons. The van der Waals surface area contributed by atoms with Crippen LogP contribution in [0.3, 0.4) is 0 Å². The molecule has 2 aromatic rings. The Balaban J connectivity index is 1.41. The molecule has 0 radical (unpaired) electrons. The third kappa shape index (κ3) is 3.25. The van der Waals surface area contributed by atoms with E-state index in [1.54, 1.807) is 18.5 Å². The minimum absolute atomic E-state index is 0.0157. The molecule has 1 spiro atoms. The molecule has 0 bridgehead atoms. The molecule has 0 N–H and O–H groups in total. The van der Waals surface area contributed by atoms with Crippen molar-refractivity contribution in [1.29, 1.82) is 0 Å². The summed E-state index contributed by atoms with van der Waals surface area (Å²) in [6.07, 6.45) is 8.04. The molecule has 2 fully saturated rings. The van der Waals surface area contributed by atoms with Crippen molar-refractivity contribution in [3.05, 3.63) is 42.1 Å². The Bertz CT molecular complexity index is 735. The van der Waals surface area contributed by atoms with Crippen LogP contribution in [0.5, 0.6) is 0 Å². The van der Waals surface area contributed by atoms with E-state index in [1.165, 1.54) is 6.42 Å². The van der Waals surface area contributed by atoms with E-state index in [0.29, 0.717) is 5.76 Å². The predicted octanol–water partition coefficient (Wildman–Crippen LogP) is 2.90. The third-order valence-electron chi connectivity index (χ3n) is 5.56. The molecular weight excluding hydrogens is 316 g/mol. The number of carbonyl (C=O) groups excluding carboxylic acids is 1. The lowest BCUT2D eigenvalue weighted by atomic mass is 9.72. The molecule has 25 heavy (non-hydrogen) atoms. The van der Waals surface area contributed by atoms with Crippen molar-refractivity contribution >= 4 is 11.9 Å². The van der Waals surface area contributed by atoms with Crippen molar-refractivity contribution in [2.24, 2.45) is 5.41 Å². The molecule has 4 heterocycles. The molecule has 6 heteroatoms. The molecule has 0 saturated carbocycles. The van der Waals surface area contributed by atoms with Crippen LogP contribution >= 0.6 is 0 Å². The highest BCUT2D eigenvalue weighted by molar-refractivity contribution is 5.91. The Morgan fingerprint density at radius 3 is 2.56 bits per heavy atom. The summed E-state index contributed by atoms with van der Waals surface area (Å²) in [5, 5.41) is 0. The highest BCUT2D eigenvalue weighted by atomic mass is 16.3. The highest BCUT2D eigenvalue weighted by Gasteiger charge is 2.40.